The predicted octanol–water partition coefficient (Wildman–Crippen LogP) is 2.14. The minimum atomic E-state index is -0.343. The third kappa shape index (κ3) is 4.30. The summed E-state index contributed by atoms with van der Waals surface area (Å²) in [6.07, 6.45) is 3.09. The summed E-state index contributed by atoms with van der Waals surface area (Å²) in [6.45, 7) is 3.28. The Labute approximate surface area is 116 Å². The minimum absolute atomic E-state index is 0.343. The largest absolute Gasteiger partial charge is 0.388 e. The average Bonchev–Trinajstić information content (AvgIpc) is 2.82. The average molecular weight is 262 g/mol. The molecule has 1 aromatic rings. The van der Waals surface area contributed by atoms with Crippen LogP contribution >= 0.6 is 0 Å². The van der Waals surface area contributed by atoms with Gasteiger partial charge in [0.15, 0.2) is 0 Å². The van der Waals surface area contributed by atoms with E-state index in [4.69, 9.17) is 0 Å². The molecule has 3 heteroatoms. The maximum atomic E-state index is 10.1. The van der Waals surface area contributed by atoms with Gasteiger partial charge in [0.2, 0.25) is 0 Å². The van der Waals surface area contributed by atoms with Gasteiger partial charge in [-0.05, 0) is 45.5 Å². The molecule has 0 aromatic heterocycles. The summed E-state index contributed by atoms with van der Waals surface area (Å²) in [5, 5.41) is 10.1. The Kier molecular flexibility index (Phi) is 5.37. The number of aliphatic hydroxyl groups excluding tert-OH is 1. The van der Waals surface area contributed by atoms with E-state index in [9.17, 15) is 5.11 Å². The summed E-state index contributed by atoms with van der Waals surface area (Å²) in [5.74, 6) is 0. The van der Waals surface area contributed by atoms with Gasteiger partial charge in [0, 0.05) is 19.1 Å². The number of hydrogen-bond acceptors (Lipinski definition) is 3. The highest BCUT2D eigenvalue weighted by molar-refractivity contribution is 5.17. The Morgan fingerprint density at radius 1 is 1.37 bits per heavy atom. The van der Waals surface area contributed by atoms with Crippen LogP contribution < -0.4 is 0 Å². The minimum Gasteiger partial charge on any atom is -0.388 e. The van der Waals surface area contributed by atoms with Crippen LogP contribution in [-0.4, -0.2) is 54.7 Å². The van der Waals surface area contributed by atoms with Crippen LogP contribution in [0.15, 0.2) is 30.3 Å². The van der Waals surface area contributed by atoms with Crippen LogP contribution in [0.2, 0.25) is 0 Å². The molecule has 1 aliphatic heterocycles. The van der Waals surface area contributed by atoms with E-state index in [0.29, 0.717) is 6.04 Å². The van der Waals surface area contributed by atoms with E-state index in [1.54, 1.807) is 0 Å². The van der Waals surface area contributed by atoms with Gasteiger partial charge in [-0.2, -0.15) is 0 Å². The molecule has 0 amide bonds. The van der Waals surface area contributed by atoms with E-state index in [1.807, 2.05) is 30.3 Å². The maximum absolute atomic E-state index is 10.1. The molecule has 106 valence electrons. The quantitative estimate of drug-likeness (QED) is 0.851. The van der Waals surface area contributed by atoms with Crippen molar-refractivity contribution >= 4 is 0 Å². The van der Waals surface area contributed by atoms with Crippen LogP contribution in [0.3, 0.4) is 0 Å². The summed E-state index contributed by atoms with van der Waals surface area (Å²) >= 11 is 0. The molecule has 3 nitrogen and oxygen atoms in total. The molecule has 1 N–H and O–H groups in total. The second-order valence-corrected chi connectivity index (χ2v) is 5.75. The molecule has 2 rings (SSSR count). The lowest BCUT2D eigenvalue weighted by Crippen LogP contribution is -2.37. The first-order valence-corrected chi connectivity index (χ1v) is 7.28. The maximum Gasteiger partial charge on any atom is 0.0802 e. The highest BCUT2D eigenvalue weighted by atomic mass is 16.3. The molecule has 0 bridgehead atoms. The normalized spacial score (nSPS) is 22.0. The SMILES string of the molecule is CN(CCC(O)c1ccccc1)CC1CCCN1C. The molecule has 19 heavy (non-hydrogen) atoms. The summed E-state index contributed by atoms with van der Waals surface area (Å²) < 4.78 is 0. The number of nitrogens with zero attached hydrogens (tertiary/aromatic N) is 2. The fraction of sp³-hybridized carbons (Fsp3) is 0.625. The lowest BCUT2D eigenvalue weighted by Gasteiger charge is -2.26. The Morgan fingerprint density at radius 2 is 2.11 bits per heavy atom. The van der Waals surface area contributed by atoms with E-state index in [-0.39, 0.29) is 6.10 Å². The second kappa shape index (κ2) is 7.04. The molecule has 2 atom stereocenters. The van der Waals surface area contributed by atoms with Crippen molar-refractivity contribution in [3.63, 3.8) is 0 Å². The van der Waals surface area contributed by atoms with Crippen molar-refractivity contribution in [3.05, 3.63) is 35.9 Å². The molecule has 0 radical (unpaired) electrons. The summed E-state index contributed by atoms with van der Waals surface area (Å²) in [4.78, 5) is 4.79. The lowest BCUT2D eigenvalue weighted by molar-refractivity contribution is 0.140. The van der Waals surface area contributed by atoms with E-state index < -0.39 is 0 Å². The van der Waals surface area contributed by atoms with Crippen molar-refractivity contribution in [1.82, 2.24) is 9.80 Å². The first-order chi connectivity index (χ1) is 9.16. The van der Waals surface area contributed by atoms with Gasteiger partial charge < -0.3 is 14.9 Å². The van der Waals surface area contributed by atoms with Crippen molar-refractivity contribution in [3.8, 4) is 0 Å². The Balaban J connectivity index is 1.72. The third-order valence-electron chi connectivity index (χ3n) is 4.16. The van der Waals surface area contributed by atoms with Crippen molar-refractivity contribution in [2.75, 3.05) is 33.7 Å². The second-order valence-electron chi connectivity index (χ2n) is 5.75. The zero-order valence-corrected chi connectivity index (χ0v) is 12.1. The van der Waals surface area contributed by atoms with Gasteiger partial charge in [-0.25, -0.2) is 0 Å². The highest BCUT2D eigenvalue weighted by Gasteiger charge is 2.22. The van der Waals surface area contributed by atoms with E-state index >= 15 is 0 Å². The standard InChI is InChI=1S/C16H26N2O/c1-17(13-15-9-6-11-18(15)2)12-10-16(19)14-7-4-3-5-8-14/h3-5,7-8,15-16,19H,6,9-13H2,1-2H3. The molecular formula is C16H26N2O. The van der Waals surface area contributed by atoms with Crippen molar-refractivity contribution < 1.29 is 5.11 Å². The van der Waals surface area contributed by atoms with Crippen LogP contribution in [-0.2, 0) is 0 Å². The number of likely N-dealkylation sites (N-methyl/N-ethyl adjacent to an activating group) is 2. The van der Waals surface area contributed by atoms with Gasteiger partial charge in [0.25, 0.3) is 0 Å². The molecule has 0 aliphatic carbocycles. The van der Waals surface area contributed by atoms with E-state index in [0.717, 1.165) is 25.1 Å². The number of benzene rings is 1. The van der Waals surface area contributed by atoms with Gasteiger partial charge in [0.1, 0.15) is 0 Å². The summed E-state index contributed by atoms with van der Waals surface area (Å²) in [6, 6.07) is 10.6. The van der Waals surface area contributed by atoms with Crippen LogP contribution in [0.4, 0.5) is 0 Å². The van der Waals surface area contributed by atoms with Crippen molar-refractivity contribution in [1.29, 1.82) is 0 Å². The van der Waals surface area contributed by atoms with Crippen LogP contribution in [0.25, 0.3) is 0 Å². The van der Waals surface area contributed by atoms with E-state index in [1.165, 1.54) is 19.4 Å². The fourth-order valence-electron chi connectivity index (χ4n) is 2.85. The molecule has 1 fully saturated rings. The Hall–Kier alpha value is -0.900. The first kappa shape index (κ1) is 14.5. The monoisotopic (exact) mass is 262 g/mol. The highest BCUT2D eigenvalue weighted by Crippen LogP contribution is 2.18. The number of aliphatic hydroxyl groups is 1. The van der Waals surface area contributed by atoms with Gasteiger partial charge >= 0.3 is 0 Å². The van der Waals surface area contributed by atoms with Crippen LogP contribution in [0.1, 0.15) is 30.9 Å². The lowest BCUT2D eigenvalue weighted by atomic mass is 10.1. The third-order valence-corrected chi connectivity index (χ3v) is 4.16. The first-order valence-electron chi connectivity index (χ1n) is 7.28. The molecule has 1 aromatic carbocycles. The van der Waals surface area contributed by atoms with Crippen molar-refractivity contribution in [2.45, 2.75) is 31.4 Å². The molecule has 2 unspecified atom stereocenters. The van der Waals surface area contributed by atoms with Gasteiger partial charge in [-0.3, -0.25) is 0 Å². The molecule has 1 aliphatic rings. The molecule has 0 saturated carbocycles. The number of rotatable bonds is 6. The Morgan fingerprint density at radius 3 is 2.74 bits per heavy atom. The van der Waals surface area contributed by atoms with Gasteiger partial charge in [-0.15, -0.1) is 0 Å². The molecule has 0 spiro atoms. The van der Waals surface area contributed by atoms with Gasteiger partial charge in [0.05, 0.1) is 6.10 Å². The summed E-state index contributed by atoms with van der Waals surface area (Å²) in [5.41, 5.74) is 1.02. The van der Waals surface area contributed by atoms with E-state index in [2.05, 4.69) is 23.9 Å². The smallest absolute Gasteiger partial charge is 0.0802 e. The van der Waals surface area contributed by atoms with Crippen LogP contribution in [0, 0.1) is 0 Å². The van der Waals surface area contributed by atoms with Gasteiger partial charge in [-0.1, -0.05) is 30.3 Å². The molecule has 1 saturated heterocycles. The molecule has 1 heterocycles. The number of hydrogen-bond donors (Lipinski definition) is 1. The summed E-state index contributed by atoms with van der Waals surface area (Å²) in [7, 11) is 4.37. The van der Waals surface area contributed by atoms with Crippen molar-refractivity contribution in [2.24, 2.45) is 0 Å². The zero-order valence-electron chi connectivity index (χ0n) is 12.1. The zero-order chi connectivity index (χ0) is 13.7. The predicted molar refractivity (Wildman–Crippen MR) is 79.2 cm³/mol. The van der Waals surface area contributed by atoms with Crippen LogP contribution in [0.5, 0.6) is 0 Å². The topological polar surface area (TPSA) is 26.7 Å². The Bertz CT molecular complexity index is 368. The number of likely N-dealkylation sites (tertiary alicyclic amines) is 1. The fourth-order valence-corrected chi connectivity index (χ4v) is 2.85. The molecular weight excluding hydrogens is 236 g/mol.